The molecule has 2 aromatic heterocycles. The Balaban J connectivity index is 2.19. The van der Waals surface area contributed by atoms with E-state index in [4.69, 9.17) is 4.42 Å². The molecule has 0 aromatic carbocycles. The van der Waals surface area contributed by atoms with Crippen LogP contribution in [-0.2, 0) is 13.5 Å². The zero-order valence-corrected chi connectivity index (χ0v) is 11.4. The molecule has 0 amide bonds. The lowest BCUT2D eigenvalue weighted by Gasteiger charge is -2.16. The first-order chi connectivity index (χ1) is 8.22. The van der Waals surface area contributed by atoms with E-state index in [2.05, 4.69) is 38.3 Å². The molecule has 1 N–H and O–H groups in total. The van der Waals surface area contributed by atoms with Crippen molar-refractivity contribution < 1.29 is 4.42 Å². The third-order valence-electron chi connectivity index (χ3n) is 2.66. The van der Waals surface area contributed by atoms with Gasteiger partial charge in [0.05, 0.1) is 6.26 Å². The van der Waals surface area contributed by atoms with E-state index < -0.39 is 0 Å². The summed E-state index contributed by atoms with van der Waals surface area (Å²) in [4.78, 5) is 4.24. The molecule has 0 fully saturated rings. The van der Waals surface area contributed by atoms with Crippen LogP contribution < -0.4 is 5.32 Å². The molecule has 1 unspecified atom stereocenters. The molecule has 0 aliphatic rings. The molecule has 5 nitrogen and oxygen atoms in total. The summed E-state index contributed by atoms with van der Waals surface area (Å²) in [6, 6.07) is 2.14. The fraction of sp³-hybridized carbons (Fsp3) is 0.455. The van der Waals surface area contributed by atoms with Gasteiger partial charge in [-0.2, -0.15) is 5.10 Å². The minimum Gasteiger partial charge on any atom is -0.457 e. The zero-order chi connectivity index (χ0) is 12.3. The average molecular weight is 299 g/mol. The SMILES string of the molecule is CCNC(Cc1ncnn1C)c1ccoc1Br. The van der Waals surface area contributed by atoms with Crippen molar-refractivity contribution in [1.82, 2.24) is 20.1 Å². The third-order valence-corrected chi connectivity index (χ3v) is 3.31. The summed E-state index contributed by atoms with van der Waals surface area (Å²) in [6.07, 6.45) is 4.03. The number of rotatable bonds is 5. The first-order valence-electron chi connectivity index (χ1n) is 5.51. The normalized spacial score (nSPS) is 12.9. The van der Waals surface area contributed by atoms with Gasteiger partial charge in [0.25, 0.3) is 0 Å². The zero-order valence-electron chi connectivity index (χ0n) is 9.85. The molecule has 6 heteroatoms. The number of hydrogen-bond acceptors (Lipinski definition) is 4. The molecule has 0 spiro atoms. The highest BCUT2D eigenvalue weighted by atomic mass is 79.9. The smallest absolute Gasteiger partial charge is 0.173 e. The summed E-state index contributed by atoms with van der Waals surface area (Å²) in [6.45, 7) is 2.97. The number of aryl methyl sites for hydroxylation is 1. The van der Waals surface area contributed by atoms with Gasteiger partial charge < -0.3 is 9.73 Å². The summed E-state index contributed by atoms with van der Waals surface area (Å²) < 4.78 is 7.83. The first kappa shape index (κ1) is 12.3. The lowest BCUT2D eigenvalue weighted by atomic mass is 10.1. The molecule has 17 heavy (non-hydrogen) atoms. The van der Waals surface area contributed by atoms with Gasteiger partial charge in [-0.25, -0.2) is 4.98 Å². The van der Waals surface area contributed by atoms with Crippen molar-refractivity contribution in [2.45, 2.75) is 19.4 Å². The molecule has 1 atom stereocenters. The standard InChI is InChI=1S/C11H15BrN4O/c1-3-13-9(8-4-5-17-11(8)12)6-10-14-7-15-16(10)2/h4-5,7,9,13H,3,6H2,1-2H3. The van der Waals surface area contributed by atoms with Crippen molar-refractivity contribution >= 4 is 15.9 Å². The van der Waals surface area contributed by atoms with Gasteiger partial charge in [0, 0.05) is 25.1 Å². The van der Waals surface area contributed by atoms with Crippen LogP contribution in [0, 0.1) is 0 Å². The second-order valence-corrected chi connectivity index (χ2v) is 4.48. The minimum atomic E-state index is 0.177. The van der Waals surface area contributed by atoms with Crippen molar-refractivity contribution in [2.75, 3.05) is 6.54 Å². The quantitative estimate of drug-likeness (QED) is 0.918. The predicted octanol–water partition coefficient (Wildman–Crippen LogP) is 2.06. The molecule has 2 rings (SSSR count). The minimum absolute atomic E-state index is 0.177. The van der Waals surface area contributed by atoms with Gasteiger partial charge >= 0.3 is 0 Å². The second kappa shape index (κ2) is 5.46. The molecule has 2 heterocycles. The largest absolute Gasteiger partial charge is 0.457 e. The van der Waals surface area contributed by atoms with E-state index in [0.29, 0.717) is 0 Å². The van der Waals surface area contributed by atoms with E-state index >= 15 is 0 Å². The Labute approximate surface area is 108 Å². The Morgan fingerprint density at radius 3 is 2.94 bits per heavy atom. The van der Waals surface area contributed by atoms with Crippen molar-refractivity contribution in [3.05, 3.63) is 34.7 Å². The summed E-state index contributed by atoms with van der Waals surface area (Å²) in [7, 11) is 1.90. The molecule has 2 aromatic rings. The third kappa shape index (κ3) is 2.76. The van der Waals surface area contributed by atoms with Crippen molar-refractivity contribution in [3.63, 3.8) is 0 Å². The van der Waals surface area contributed by atoms with Crippen LogP contribution in [0.5, 0.6) is 0 Å². The van der Waals surface area contributed by atoms with Crippen molar-refractivity contribution in [1.29, 1.82) is 0 Å². The Morgan fingerprint density at radius 1 is 1.59 bits per heavy atom. The number of likely N-dealkylation sites (N-methyl/N-ethyl adjacent to an activating group) is 1. The molecule has 92 valence electrons. The highest BCUT2D eigenvalue weighted by Crippen LogP contribution is 2.26. The Hall–Kier alpha value is -1.14. The van der Waals surface area contributed by atoms with Crippen LogP contribution >= 0.6 is 15.9 Å². The highest BCUT2D eigenvalue weighted by molar-refractivity contribution is 9.10. The van der Waals surface area contributed by atoms with E-state index in [1.807, 2.05) is 13.1 Å². The summed E-state index contributed by atoms with van der Waals surface area (Å²) >= 11 is 3.41. The number of furan rings is 1. The molecule has 0 bridgehead atoms. The monoisotopic (exact) mass is 298 g/mol. The number of aromatic nitrogens is 3. The fourth-order valence-corrected chi connectivity index (χ4v) is 2.30. The highest BCUT2D eigenvalue weighted by Gasteiger charge is 2.18. The summed E-state index contributed by atoms with van der Waals surface area (Å²) in [5.74, 6) is 0.948. The van der Waals surface area contributed by atoms with Crippen molar-refractivity contribution in [2.24, 2.45) is 7.05 Å². The van der Waals surface area contributed by atoms with Crippen LogP contribution in [0.3, 0.4) is 0 Å². The number of nitrogens with one attached hydrogen (secondary N) is 1. The van der Waals surface area contributed by atoms with Crippen molar-refractivity contribution in [3.8, 4) is 0 Å². The summed E-state index contributed by atoms with van der Waals surface area (Å²) in [5, 5.41) is 7.50. The molecule has 0 radical (unpaired) electrons. The van der Waals surface area contributed by atoms with Gasteiger partial charge in [0.15, 0.2) is 4.67 Å². The predicted molar refractivity (Wildman–Crippen MR) is 67.5 cm³/mol. The molecule has 0 aliphatic carbocycles. The maximum Gasteiger partial charge on any atom is 0.173 e. The second-order valence-electron chi connectivity index (χ2n) is 3.76. The maximum absolute atomic E-state index is 5.28. The van der Waals surface area contributed by atoms with Gasteiger partial charge in [-0.15, -0.1) is 0 Å². The van der Waals surface area contributed by atoms with Gasteiger partial charge in [-0.05, 0) is 28.5 Å². The van der Waals surface area contributed by atoms with E-state index in [9.17, 15) is 0 Å². The van der Waals surface area contributed by atoms with Crippen LogP contribution in [0.25, 0.3) is 0 Å². The van der Waals surface area contributed by atoms with Crippen LogP contribution in [-0.4, -0.2) is 21.3 Å². The number of hydrogen-bond donors (Lipinski definition) is 1. The number of halogens is 1. The van der Waals surface area contributed by atoms with E-state index in [1.54, 1.807) is 17.3 Å². The lowest BCUT2D eigenvalue weighted by Crippen LogP contribution is -2.24. The van der Waals surface area contributed by atoms with Gasteiger partial charge in [-0.1, -0.05) is 6.92 Å². The van der Waals surface area contributed by atoms with E-state index in [1.165, 1.54) is 0 Å². The number of nitrogens with zero attached hydrogens (tertiary/aromatic N) is 3. The summed E-state index contributed by atoms with van der Waals surface area (Å²) in [5.41, 5.74) is 1.11. The Bertz CT molecular complexity index is 479. The van der Waals surface area contributed by atoms with Gasteiger partial charge in [0.2, 0.25) is 0 Å². The Kier molecular flexibility index (Phi) is 3.96. The average Bonchev–Trinajstić information content (AvgIpc) is 2.88. The van der Waals surface area contributed by atoms with Crippen LogP contribution in [0.4, 0.5) is 0 Å². The van der Waals surface area contributed by atoms with Gasteiger partial charge in [-0.3, -0.25) is 4.68 Å². The maximum atomic E-state index is 5.28. The first-order valence-corrected chi connectivity index (χ1v) is 6.30. The van der Waals surface area contributed by atoms with Gasteiger partial charge in [0.1, 0.15) is 12.2 Å². The fourth-order valence-electron chi connectivity index (χ4n) is 1.78. The van der Waals surface area contributed by atoms with Crippen LogP contribution in [0.1, 0.15) is 24.4 Å². The lowest BCUT2D eigenvalue weighted by molar-refractivity contribution is 0.494. The van der Waals surface area contributed by atoms with E-state index in [-0.39, 0.29) is 6.04 Å². The van der Waals surface area contributed by atoms with Crippen LogP contribution in [0.15, 0.2) is 27.7 Å². The molecular weight excluding hydrogens is 284 g/mol. The molecule has 0 aliphatic heterocycles. The Morgan fingerprint density at radius 2 is 2.41 bits per heavy atom. The van der Waals surface area contributed by atoms with E-state index in [0.717, 1.165) is 29.0 Å². The van der Waals surface area contributed by atoms with Crippen LogP contribution in [0.2, 0.25) is 0 Å². The molecule has 0 saturated carbocycles. The topological polar surface area (TPSA) is 55.9 Å². The molecular formula is C11H15BrN4O. The molecule has 0 saturated heterocycles.